The Labute approximate surface area is 238 Å². The zero-order valence-electron chi connectivity index (χ0n) is 23.5. The molecule has 2 aliphatic heterocycles. The van der Waals surface area contributed by atoms with Gasteiger partial charge in [-0.05, 0) is 48.7 Å². The number of carbonyl (C=O) groups is 3. The first-order chi connectivity index (χ1) is 19.9. The molecule has 216 valence electrons. The van der Waals surface area contributed by atoms with E-state index in [2.05, 4.69) is 15.8 Å². The Morgan fingerprint density at radius 1 is 1.02 bits per heavy atom. The van der Waals surface area contributed by atoms with E-state index in [0.717, 1.165) is 22.3 Å². The number of ether oxygens (including phenoxy) is 3. The van der Waals surface area contributed by atoms with Gasteiger partial charge in [-0.1, -0.05) is 11.2 Å². The minimum Gasteiger partial charge on any atom is -0.493 e. The molecule has 3 aromatic rings. The van der Waals surface area contributed by atoms with Crippen molar-refractivity contribution in [1.82, 2.24) is 20.7 Å². The number of aryl methyl sites for hydroxylation is 2. The third-order valence-electron chi connectivity index (χ3n) is 7.32. The summed E-state index contributed by atoms with van der Waals surface area (Å²) in [6.45, 7) is 2.78. The lowest BCUT2D eigenvalue weighted by molar-refractivity contribution is -0.123. The van der Waals surface area contributed by atoms with Crippen LogP contribution in [0.3, 0.4) is 0 Å². The van der Waals surface area contributed by atoms with Gasteiger partial charge in [0, 0.05) is 56.1 Å². The molecule has 1 atom stereocenters. The van der Waals surface area contributed by atoms with Crippen molar-refractivity contribution in [3.63, 3.8) is 0 Å². The van der Waals surface area contributed by atoms with Crippen molar-refractivity contribution < 1.29 is 33.1 Å². The Bertz CT molecular complexity index is 1450. The van der Waals surface area contributed by atoms with Crippen LogP contribution in [0, 0.1) is 6.92 Å². The number of hydrogen-bond acceptors (Lipinski definition) is 8. The average molecular weight is 563 g/mol. The van der Waals surface area contributed by atoms with E-state index in [-0.39, 0.29) is 61.9 Å². The fourth-order valence-corrected chi connectivity index (χ4v) is 5.22. The monoisotopic (exact) mass is 562 g/mol. The Hall–Kier alpha value is -4.54. The molecule has 2 aliphatic rings. The molecule has 41 heavy (non-hydrogen) atoms. The van der Waals surface area contributed by atoms with Crippen LogP contribution in [0.4, 0.5) is 0 Å². The number of rotatable bonds is 3. The molecule has 2 aromatic carbocycles. The van der Waals surface area contributed by atoms with Crippen molar-refractivity contribution in [2.75, 3.05) is 40.5 Å². The van der Waals surface area contributed by atoms with Gasteiger partial charge in [0.2, 0.25) is 11.8 Å². The van der Waals surface area contributed by atoms with E-state index in [1.54, 1.807) is 27.2 Å². The average Bonchev–Trinajstić information content (AvgIpc) is 3.42. The van der Waals surface area contributed by atoms with Crippen molar-refractivity contribution in [1.29, 1.82) is 0 Å². The normalized spacial score (nSPS) is 17.8. The molecule has 11 nitrogen and oxygen atoms in total. The maximum Gasteiger partial charge on any atom is 0.276 e. The summed E-state index contributed by atoms with van der Waals surface area (Å²) in [7, 11) is 3.17. The van der Waals surface area contributed by atoms with Crippen LogP contribution in [0.1, 0.15) is 52.7 Å². The van der Waals surface area contributed by atoms with Crippen molar-refractivity contribution >= 4 is 17.7 Å². The van der Waals surface area contributed by atoms with Gasteiger partial charge in [0.25, 0.3) is 5.91 Å². The summed E-state index contributed by atoms with van der Waals surface area (Å²) in [5.41, 5.74) is 3.62. The molecular formula is C30H34N4O7. The van der Waals surface area contributed by atoms with Crippen molar-refractivity contribution in [2.45, 2.75) is 38.6 Å². The minimum atomic E-state index is -0.364. The molecule has 0 aliphatic carbocycles. The number of nitrogens with one attached hydrogen (secondary N) is 2. The quantitative estimate of drug-likeness (QED) is 0.498. The predicted molar refractivity (Wildman–Crippen MR) is 149 cm³/mol. The number of hydrogen-bond donors (Lipinski definition) is 2. The van der Waals surface area contributed by atoms with Crippen LogP contribution in [0.5, 0.6) is 17.2 Å². The summed E-state index contributed by atoms with van der Waals surface area (Å²) >= 11 is 0. The summed E-state index contributed by atoms with van der Waals surface area (Å²) in [5.74, 6) is 1.64. The van der Waals surface area contributed by atoms with Crippen LogP contribution in [-0.2, 0) is 16.0 Å². The number of carbonyl (C=O) groups excluding carboxylic acids is 3. The fraction of sp³-hybridized carbons (Fsp3) is 0.400. The lowest BCUT2D eigenvalue weighted by atomic mass is 9.93. The number of fused-ring (bicyclic) bond motifs is 4. The van der Waals surface area contributed by atoms with Gasteiger partial charge in [-0.3, -0.25) is 14.4 Å². The standard InChI is InChI=1S/C30H34N4O7/c1-18-14-24(33-41-18)30(37)34-11-8-28(36)32-23-9-13-40-25-6-5-20(17-22(23)25)21-15-19(4-7-27(35)31-10-12-34)16-26(38-2)29(21)39-3/h5-6,14-17,23H,4,7-13H2,1-3H3,(H,31,35)(H,32,36). The first kappa shape index (κ1) is 28.0. The van der Waals surface area contributed by atoms with Gasteiger partial charge in [0.1, 0.15) is 11.5 Å². The van der Waals surface area contributed by atoms with Gasteiger partial charge in [0.15, 0.2) is 17.2 Å². The highest BCUT2D eigenvalue weighted by Gasteiger charge is 2.26. The Balaban J connectivity index is 1.48. The van der Waals surface area contributed by atoms with E-state index >= 15 is 0 Å². The molecule has 1 unspecified atom stereocenters. The summed E-state index contributed by atoms with van der Waals surface area (Å²) in [5, 5.41) is 9.84. The van der Waals surface area contributed by atoms with E-state index in [0.29, 0.717) is 42.5 Å². The second-order valence-electron chi connectivity index (χ2n) is 10.1. The van der Waals surface area contributed by atoms with Gasteiger partial charge in [0.05, 0.1) is 26.9 Å². The molecular weight excluding hydrogens is 528 g/mol. The summed E-state index contributed by atoms with van der Waals surface area (Å²) < 4.78 is 22.3. The molecule has 0 fully saturated rings. The molecule has 1 aromatic heterocycles. The van der Waals surface area contributed by atoms with Crippen molar-refractivity contribution in [3.8, 4) is 28.4 Å². The molecule has 0 radical (unpaired) electrons. The van der Waals surface area contributed by atoms with Crippen molar-refractivity contribution in [2.24, 2.45) is 0 Å². The fourth-order valence-electron chi connectivity index (χ4n) is 5.22. The highest BCUT2D eigenvalue weighted by Crippen LogP contribution is 2.42. The summed E-state index contributed by atoms with van der Waals surface area (Å²) in [6, 6.07) is 11.0. The van der Waals surface area contributed by atoms with E-state index < -0.39 is 0 Å². The van der Waals surface area contributed by atoms with Crippen LogP contribution >= 0.6 is 0 Å². The molecule has 3 heterocycles. The molecule has 0 spiro atoms. The third-order valence-corrected chi connectivity index (χ3v) is 7.32. The number of benzene rings is 2. The number of aromatic nitrogens is 1. The third kappa shape index (κ3) is 6.29. The maximum atomic E-state index is 13.1. The molecule has 2 N–H and O–H groups in total. The first-order valence-corrected chi connectivity index (χ1v) is 13.7. The molecule has 4 bridgehead atoms. The maximum absolute atomic E-state index is 13.1. The van der Waals surface area contributed by atoms with Gasteiger partial charge >= 0.3 is 0 Å². The minimum absolute atomic E-state index is 0.0793. The Morgan fingerprint density at radius 2 is 1.88 bits per heavy atom. The highest BCUT2D eigenvalue weighted by molar-refractivity contribution is 5.92. The van der Waals surface area contributed by atoms with Crippen LogP contribution in [0.2, 0.25) is 0 Å². The first-order valence-electron chi connectivity index (χ1n) is 13.7. The largest absolute Gasteiger partial charge is 0.493 e. The highest BCUT2D eigenvalue weighted by atomic mass is 16.5. The Kier molecular flexibility index (Phi) is 8.42. The van der Waals surface area contributed by atoms with Gasteiger partial charge < -0.3 is 34.3 Å². The van der Waals surface area contributed by atoms with E-state index in [4.69, 9.17) is 18.7 Å². The van der Waals surface area contributed by atoms with E-state index in [1.165, 1.54) is 4.90 Å². The molecule has 0 saturated heterocycles. The molecule has 3 amide bonds. The second kappa shape index (κ2) is 12.3. The number of nitrogens with zero attached hydrogens (tertiary/aromatic N) is 2. The summed E-state index contributed by atoms with van der Waals surface area (Å²) in [4.78, 5) is 40.5. The van der Waals surface area contributed by atoms with Gasteiger partial charge in [-0.25, -0.2) is 0 Å². The molecule has 5 rings (SSSR count). The smallest absolute Gasteiger partial charge is 0.276 e. The van der Waals surface area contributed by atoms with Crippen LogP contribution in [0.25, 0.3) is 11.1 Å². The van der Waals surface area contributed by atoms with Crippen LogP contribution in [0.15, 0.2) is 40.9 Å². The van der Waals surface area contributed by atoms with Crippen LogP contribution < -0.4 is 24.8 Å². The van der Waals surface area contributed by atoms with Crippen molar-refractivity contribution in [3.05, 3.63) is 59.0 Å². The Morgan fingerprint density at radius 3 is 2.63 bits per heavy atom. The second-order valence-corrected chi connectivity index (χ2v) is 10.1. The van der Waals surface area contributed by atoms with Gasteiger partial charge in [-0.15, -0.1) is 0 Å². The zero-order chi connectivity index (χ0) is 28.9. The lowest BCUT2D eigenvalue weighted by Gasteiger charge is -2.28. The zero-order valence-corrected chi connectivity index (χ0v) is 23.5. The van der Waals surface area contributed by atoms with E-state index in [9.17, 15) is 14.4 Å². The molecule has 0 saturated carbocycles. The number of methoxy groups -OCH3 is 2. The van der Waals surface area contributed by atoms with Crippen LogP contribution in [-0.4, -0.2) is 68.2 Å². The van der Waals surface area contributed by atoms with Gasteiger partial charge in [-0.2, -0.15) is 0 Å². The summed E-state index contributed by atoms with van der Waals surface area (Å²) in [6.07, 6.45) is 1.41. The topological polar surface area (TPSA) is 132 Å². The lowest BCUT2D eigenvalue weighted by Crippen LogP contribution is -2.41. The number of amides is 3. The predicted octanol–water partition coefficient (Wildman–Crippen LogP) is 3.20. The molecule has 11 heteroatoms. The SMILES string of the molecule is COc1cc2cc(c1OC)-c1ccc3c(c1)C(CCO3)NC(=O)CCN(C(=O)c1cc(C)on1)CCNC(=O)CC2. The van der Waals surface area contributed by atoms with E-state index in [1.807, 2.05) is 30.3 Å².